The number of rotatable bonds is 3. The van der Waals surface area contributed by atoms with Crippen molar-refractivity contribution >= 4 is 17.3 Å². The summed E-state index contributed by atoms with van der Waals surface area (Å²) in [4.78, 5) is 12.4. The molecule has 1 unspecified atom stereocenters. The lowest BCUT2D eigenvalue weighted by atomic mass is 10.0. The van der Waals surface area contributed by atoms with Gasteiger partial charge in [-0.15, -0.1) is 0 Å². The van der Waals surface area contributed by atoms with Crippen LogP contribution in [-0.4, -0.2) is 12.0 Å². The predicted octanol–water partition coefficient (Wildman–Crippen LogP) is 3.58. The minimum Gasteiger partial charge on any atom is -0.489 e. The summed E-state index contributed by atoms with van der Waals surface area (Å²) in [5, 5.41) is 6.24. The number of amides is 1. The summed E-state index contributed by atoms with van der Waals surface area (Å²) in [6, 6.07) is 15.0. The zero-order chi connectivity index (χ0) is 14.8. The number of benzene rings is 2. The summed E-state index contributed by atoms with van der Waals surface area (Å²) in [6.45, 7) is 3.93. The van der Waals surface area contributed by atoms with Gasteiger partial charge < -0.3 is 15.4 Å². The van der Waals surface area contributed by atoms with Gasteiger partial charge in [-0.2, -0.15) is 0 Å². The van der Waals surface area contributed by atoms with Crippen molar-refractivity contribution in [3.05, 3.63) is 54.1 Å². The molecule has 0 spiro atoms. The number of fused-ring (bicyclic) bond motifs is 1. The van der Waals surface area contributed by atoms with Crippen molar-refractivity contribution < 1.29 is 9.53 Å². The Hall–Kier alpha value is -2.49. The van der Waals surface area contributed by atoms with E-state index in [9.17, 15) is 4.79 Å². The number of carbonyl (C=O) groups is 1. The second-order valence-electron chi connectivity index (χ2n) is 5.32. The monoisotopic (exact) mass is 282 g/mol. The highest BCUT2D eigenvalue weighted by Gasteiger charge is 2.28. The van der Waals surface area contributed by atoms with Crippen molar-refractivity contribution in [1.29, 1.82) is 0 Å². The minimum atomic E-state index is -0.381. The van der Waals surface area contributed by atoms with Crippen LogP contribution in [0.15, 0.2) is 48.5 Å². The highest BCUT2D eigenvalue weighted by atomic mass is 16.5. The Labute approximate surface area is 124 Å². The van der Waals surface area contributed by atoms with Gasteiger partial charge in [0, 0.05) is 0 Å². The lowest BCUT2D eigenvalue weighted by Gasteiger charge is -2.28. The largest absolute Gasteiger partial charge is 0.489 e. The van der Waals surface area contributed by atoms with Crippen LogP contribution in [0, 0.1) is 0 Å². The van der Waals surface area contributed by atoms with Crippen molar-refractivity contribution in [2.75, 3.05) is 10.6 Å². The highest BCUT2D eigenvalue weighted by molar-refractivity contribution is 6.05. The van der Waals surface area contributed by atoms with Crippen LogP contribution in [0.1, 0.15) is 25.5 Å². The molecule has 0 radical (unpaired) electrons. The first kappa shape index (κ1) is 13.5. The van der Waals surface area contributed by atoms with Crippen LogP contribution in [0.3, 0.4) is 0 Å². The Balaban J connectivity index is 1.94. The van der Waals surface area contributed by atoms with Gasteiger partial charge >= 0.3 is 0 Å². The third kappa shape index (κ3) is 2.70. The number of para-hydroxylation sites is 1. The Morgan fingerprint density at radius 1 is 1.05 bits per heavy atom. The molecule has 4 nitrogen and oxygen atoms in total. The SMILES string of the molecule is CC(C)Oc1cccc2c1NC(=O)C(c1ccccc1)N2. The van der Waals surface area contributed by atoms with E-state index in [0.29, 0.717) is 11.4 Å². The molecule has 0 bridgehead atoms. The van der Waals surface area contributed by atoms with Crippen LogP contribution >= 0.6 is 0 Å². The van der Waals surface area contributed by atoms with Gasteiger partial charge in [-0.05, 0) is 31.5 Å². The van der Waals surface area contributed by atoms with Crippen LogP contribution < -0.4 is 15.4 Å². The normalized spacial score (nSPS) is 16.9. The van der Waals surface area contributed by atoms with Crippen molar-refractivity contribution in [3.63, 3.8) is 0 Å². The van der Waals surface area contributed by atoms with Crippen molar-refractivity contribution in [3.8, 4) is 5.75 Å². The van der Waals surface area contributed by atoms with Crippen molar-refractivity contribution in [1.82, 2.24) is 0 Å². The summed E-state index contributed by atoms with van der Waals surface area (Å²) in [6.07, 6.45) is 0.0558. The topological polar surface area (TPSA) is 50.4 Å². The number of hydrogen-bond acceptors (Lipinski definition) is 3. The van der Waals surface area contributed by atoms with Gasteiger partial charge in [0.2, 0.25) is 0 Å². The number of nitrogens with one attached hydrogen (secondary N) is 2. The molecule has 0 fully saturated rings. The first-order chi connectivity index (χ1) is 10.1. The van der Waals surface area contributed by atoms with Crippen LogP contribution in [0.5, 0.6) is 5.75 Å². The average molecular weight is 282 g/mol. The molecule has 0 saturated carbocycles. The number of hydrogen-bond donors (Lipinski definition) is 2. The van der Waals surface area contributed by atoms with Gasteiger partial charge in [-0.3, -0.25) is 4.79 Å². The maximum Gasteiger partial charge on any atom is 0.251 e. The molecule has 2 aromatic carbocycles. The maximum absolute atomic E-state index is 12.4. The van der Waals surface area contributed by atoms with Crippen LogP contribution in [0.4, 0.5) is 11.4 Å². The molecule has 1 amide bonds. The van der Waals surface area contributed by atoms with E-state index in [1.807, 2.05) is 62.4 Å². The second kappa shape index (κ2) is 5.48. The molecular formula is C17H18N2O2. The fourth-order valence-corrected chi connectivity index (χ4v) is 2.43. The second-order valence-corrected chi connectivity index (χ2v) is 5.32. The van der Waals surface area contributed by atoms with Crippen LogP contribution in [0.25, 0.3) is 0 Å². The van der Waals surface area contributed by atoms with E-state index in [-0.39, 0.29) is 18.1 Å². The van der Waals surface area contributed by atoms with Crippen molar-refractivity contribution in [2.45, 2.75) is 26.0 Å². The van der Waals surface area contributed by atoms with Gasteiger partial charge in [0.25, 0.3) is 5.91 Å². The van der Waals surface area contributed by atoms with E-state index in [1.54, 1.807) is 0 Å². The fraction of sp³-hybridized carbons (Fsp3) is 0.235. The number of ether oxygens (including phenoxy) is 1. The third-order valence-electron chi connectivity index (χ3n) is 3.33. The summed E-state index contributed by atoms with van der Waals surface area (Å²) in [5.41, 5.74) is 2.53. The molecule has 4 heteroatoms. The first-order valence-corrected chi connectivity index (χ1v) is 7.07. The van der Waals surface area contributed by atoms with E-state index in [1.165, 1.54) is 0 Å². The fourth-order valence-electron chi connectivity index (χ4n) is 2.43. The van der Waals surface area contributed by atoms with Gasteiger partial charge in [0.05, 0.1) is 11.8 Å². The van der Waals surface area contributed by atoms with Gasteiger partial charge in [-0.25, -0.2) is 0 Å². The van der Waals surface area contributed by atoms with Crippen LogP contribution in [0.2, 0.25) is 0 Å². The van der Waals surface area contributed by atoms with E-state index < -0.39 is 0 Å². The standard InChI is InChI=1S/C17H18N2O2/c1-11(2)21-14-10-6-9-13-16(14)19-17(20)15(18-13)12-7-4-3-5-8-12/h3-11,15,18H,1-2H3,(H,19,20). The Morgan fingerprint density at radius 3 is 2.52 bits per heavy atom. The molecule has 2 aromatic rings. The molecule has 2 N–H and O–H groups in total. The Kier molecular flexibility index (Phi) is 3.52. The lowest BCUT2D eigenvalue weighted by molar-refractivity contribution is -0.117. The maximum atomic E-state index is 12.4. The van der Waals surface area contributed by atoms with Crippen molar-refractivity contribution in [2.24, 2.45) is 0 Å². The van der Waals surface area contributed by atoms with E-state index in [2.05, 4.69) is 10.6 Å². The van der Waals surface area contributed by atoms with Gasteiger partial charge in [0.1, 0.15) is 17.5 Å². The number of anilines is 2. The van der Waals surface area contributed by atoms with Crippen LogP contribution in [-0.2, 0) is 4.79 Å². The molecule has 3 rings (SSSR count). The highest BCUT2D eigenvalue weighted by Crippen LogP contribution is 2.39. The third-order valence-corrected chi connectivity index (χ3v) is 3.33. The zero-order valence-corrected chi connectivity index (χ0v) is 12.1. The Morgan fingerprint density at radius 2 is 1.81 bits per heavy atom. The lowest BCUT2D eigenvalue weighted by Crippen LogP contribution is -2.32. The molecular weight excluding hydrogens is 264 g/mol. The molecule has 108 valence electrons. The van der Waals surface area contributed by atoms with Gasteiger partial charge in [-0.1, -0.05) is 36.4 Å². The van der Waals surface area contributed by atoms with Gasteiger partial charge in [0.15, 0.2) is 0 Å². The van der Waals surface area contributed by atoms with E-state index in [4.69, 9.17) is 4.74 Å². The van der Waals surface area contributed by atoms with E-state index >= 15 is 0 Å². The molecule has 1 atom stereocenters. The Bertz CT molecular complexity index is 653. The molecule has 0 aliphatic carbocycles. The summed E-state index contributed by atoms with van der Waals surface area (Å²) >= 11 is 0. The molecule has 1 aliphatic heterocycles. The van der Waals surface area contributed by atoms with E-state index in [0.717, 1.165) is 11.3 Å². The summed E-state index contributed by atoms with van der Waals surface area (Å²) < 4.78 is 5.75. The quantitative estimate of drug-likeness (QED) is 0.904. The predicted molar refractivity (Wildman–Crippen MR) is 83.6 cm³/mol. The summed E-state index contributed by atoms with van der Waals surface area (Å²) in [7, 11) is 0. The molecule has 1 aliphatic rings. The average Bonchev–Trinajstić information content (AvgIpc) is 2.48. The molecule has 1 heterocycles. The molecule has 0 aromatic heterocycles. The minimum absolute atomic E-state index is 0.0558. The first-order valence-electron chi connectivity index (χ1n) is 7.07. The smallest absolute Gasteiger partial charge is 0.251 e. The zero-order valence-electron chi connectivity index (χ0n) is 12.1. The molecule has 0 saturated heterocycles. The summed E-state index contributed by atoms with van der Waals surface area (Å²) in [5.74, 6) is 0.614. The molecule has 21 heavy (non-hydrogen) atoms. The number of carbonyl (C=O) groups excluding carboxylic acids is 1.